The van der Waals surface area contributed by atoms with Crippen molar-refractivity contribution < 1.29 is 14.3 Å². The Balaban J connectivity index is 1.77. The van der Waals surface area contributed by atoms with Crippen molar-refractivity contribution in [1.29, 1.82) is 0 Å². The molecule has 1 amide bonds. The molecule has 0 aliphatic carbocycles. The van der Waals surface area contributed by atoms with Crippen LogP contribution in [-0.2, 0) is 22.5 Å². The van der Waals surface area contributed by atoms with Crippen LogP contribution in [0.25, 0.3) is 23.2 Å². The van der Waals surface area contributed by atoms with E-state index in [-0.39, 0.29) is 18.5 Å². The quantitative estimate of drug-likeness (QED) is 0.264. The average molecular weight is 498 g/mol. The van der Waals surface area contributed by atoms with E-state index in [4.69, 9.17) is 14.5 Å². The fourth-order valence-electron chi connectivity index (χ4n) is 4.82. The second-order valence-corrected chi connectivity index (χ2v) is 9.12. The summed E-state index contributed by atoms with van der Waals surface area (Å²) in [6.07, 6.45) is 4.75. The number of hydrogen-bond donors (Lipinski definition) is 0. The van der Waals surface area contributed by atoms with Crippen LogP contribution in [0.3, 0.4) is 0 Å². The lowest BCUT2D eigenvalue weighted by Crippen LogP contribution is -2.44. The van der Waals surface area contributed by atoms with E-state index in [1.165, 1.54) is 0 Å². The van der Waals surface area contributed by atoms with Crippen molar-refractivity contribution in [2.75, 3.05) is 25.7 Å². The Morgan fingerprint density at radius 1 is 1.03 bits per heavy atom. The molecule has 1 aromatic heterocycles. The van der Waals surface area contributed by atoms with Crippen LogP contribution in [0.15, 0.2) is 66.7 Å². The van der Waals surface area contributed by atoms with Gasteiger partial charge in [-0.15, -0.1) is 0 Å². The summed E-state index contributed by atoms with van der Waals surface area (Å²) in [6, 6.07) is 21.8. The van der Waals surface area contributed by atoms with Gasteiger partial charge in [0.2, 0.25) is 5.91 Å². The zero-order chi connectivity index (χ0) is 26.4. The van der Waals surface area contributed by atoms with Gasteiger partial charge in [0.1, 0.15) is 18.1 Å². The van der Waals surface area contributed by atoms with Gasteiger partial charge in [-0.05, 0) is 61.7 Å². The summed E-state index contributed by atoms with van der Waals surface area (Å²) in [7, 11) is 3.33. The largest absolute Gasteiger partial charge is 0.496 e. The van der Waals surface area contributed by atoms with Crippen molar-refractivity contribution in [2.24, 2.45) is 0 Å². The first-order valence-corrected chi connectivity index (χ1v) is 12.6. The fraction of sp³-hybridized carbons (Fsp3) is 0.290. The highest BCUT2D eigenvalue weighted by Gasteiger charge is 2.26. The Bertz CT molecular complexity index is 1410. The summed E-state index contributed by atoms with van der Waals surface area (Å²) in [5.41, 5.74) is 5.88. The molecular formula is C31H35N3O3. The third kappa shape index (κ3) is 5.59. The number of rotatable bonds is 10. The molecule has 0 bridgehead atoms. The number of imidazole rings is 1. The molecule has 0 saturated carbocycles. The molecule has 3 aromatic carbocycles. The number of nitrogens with zero attached hydrogens (tertiary/aromatic N) is 3. The smallest absolute Gasteiger partial charge is 0.247 e. The van der Waals surface area contributed by atoms with E-state index in [2.05, 4.69) is 26.0 Å². The highest BCUT2D eigenvalue weighted by atomic mass is 16.5. The Kier molecular flexibility index (Phi) is 8.41. The van der Waals surface area contributed by atoms with Gasteiger partial charge in [-0.1, -0.05) is 55.5 Å². The monoisotopic (exact) mass is 497 g/mol. The van der Waals surface area contributed by atoms with Crippen LogP contribution < -0.4 is 9.64 Å². The van der Waals surface area contributed by atoms with Crippen LogP contribution in [0.5, 0.6) is 5.75 Å². The van der Waals surface area contributed by atoms with Gasteiger partial charge in [0.15, 0.2) is 0 Å². The fourth-order valence-corrected chi connectivity index (χ4v) is 4.82. The molecule has 0 aliphatic rings. The number of fused-ring (bicyclic) bond motifs is 1. The van der Waals surface area contributed by atoms with Crippen LogP contribution in [0.2, 0.25) is 0 Å². The maximum Gasteiger partial charge on any atom is 0.247 e. The molecule has 37 heavy (non-hydrogen) atoms. The summed E-state index contributed by atoms with van der Waals surface area (Å²) in [5, 5.41) is 0. The average Bonchev–Trinajstić information content (AvgIpc) is 3.25. The van der Waals surface area contributed by atoms with E-state index >= 15 is 0 Å². The van der Waals surface area contributed by atoms with Crippen LogP contribution in [-0.4, -0.2) is 42.3 Å². The number of aromatic nitrogens is 2. The van der Waals surface area contributed by atoms with E-state index < -0.39 is 0 Å². The first kappa shape index (κ1) is 26.2. The van der Waals surface area contributed by atoms with E-state index in [1.807, 2.05) is 83.1 Å². The number of hydrogen-bond acceptors (Lipinski definition) is 4. The molecule has 0 unspecified atom stereocenters. The standard InChI is InChI=1S/C31H35N3O3/c1-6-24-14-11-12-22(2)31(24)34(23(3)21-36-4)30(35)20-33-27-16-9-8-15-26(27)32-29(33)19-18-25-13-7-10-17-28(25)37-5/h7-19,23H,6,20-21H2,1-5H3/b19-18+/t23-/m1/s1. The minimum atomic E-state index is -0.133. The van der Waals surface area contributed by atoms with Crippen LogP contribution in [0.1, 0.15) is 36.4 Å². The predicted octanol–water partition coefficient (Wildman–Crippen LogP) is 6.15. The number of para-hydroxylation sites is 4. The molecular weight excluding hydrogens is 462 g/mol. The lowest BCUT2D eigenvalue weighted by molar-refractivity contribution is -0.119. The number of benzene rings is 3. The number of amides is 1. The highest BCUT2D eigenvalue weighted by Crippen LogP contribution is 2.29. The molecule has 6 heteroatoms. The molecule has 192 valence electrons. The third-order valence-electron chi connectivity index (χ3n) is 6.59. The number of aryl methyl sites for hydroxylation is 2. The molecule has 0 fully saturated rings. The van der Waals surface area contributed by atoms with Crippen LogP contribution in [0, 0.1) is 6.92 Å². The Labute approximate surface area is 219 Å². The van der Waals surface area contributed by atoms with E-state index in [0.717, 1.165) is 45.6 Å². The Hall–Kier alpha value is -3.90. The van der Waals surface area contributed by atoms with Crippen molar-refractivity contribution in [3.05, 3.63) is 89.2 Å². The normalized spacial score (nSPS) is 12.2. The lowest BCUT2D eigenvalue weighted by atomic mass is 10.0. The maximum absolute atomic E-state index is 14.1. The molecule has 1 heterocycles. The zero-order valence-corrected chi connectivity index (χ0v) is 22.3. The summed E-state index contributed by atoms with van der Waals surface area (Å²) in [6.45, 7) is 6.79. The van der Waals surface area contributed by atoms with E-state index in [9.17, 15) is 4.79 Å². The lowest BCUT2D eigenvalue weighted by Gasteiger charge is -2.32. The van der Waals surface area contributed by atoms with Gasteiger partial charge in [-0.3, -0.25) is 4.79 Å². The molecule has 0 radical (unpaired) electrons. The van der Waals surface area contributed by atoms with Crippen LogP contribution in [0.4, 0.5) is 5.69 Å². The molecule has 0 saturated heterocycles. The number of ether oxygens (including phenoxy) is 2. The van der Waals surface area contributed by atoms with Gasteiger partial charge in [0.05, 0.1) is 36.5 Å². The number of carbonyl (C=O) groups excluding carboxylic acids is 1. The van der Waals surface area contributed by atoms with E-state index in [1.54, 1.807) is 14.2 Å². The van der Waals surface area contributed by atoms with Gasteiger partial charge >= 0.3 is 0 Å². The maximum atomic E-state index is 14.1. The third-order valence-corrected chi connectivity index (χ3v) is 6.59. The zero-order valence-electron chi connectivity index (χ0n) is 22.3. The molecule has 0 spiro atoms. The first-order valence-electron chi connectivity index (χ1n) is 12.6. The first-order chi connectivity index (χ1) is 18.0. The number of carbonyl (C=O) groups is 1. The second-order valence-electron chi connectivity index (χ2n) is 9.12. The van der Waals surface area contributed by atoms with Gasteiger partial charge in [0.25, 0.3) is 0 Å². The van der Waals surface area contributed by atoms with Gasteiger partial charge < -0.3 is 18.9 Å². The number of methoxy groups -OCH3 is 2. The summed E-state index contributed by atoms with van der Waals surface area (Å²) in [4.78, 5) is 20.8. The molecule has 4 rings (SSSR count). The van der Waals surface area contributed by atoms with E-state index in [0.29, 0.717) is 12.4 Å². The molecule has 4 aromatic rings. The van der Waals surface area contributed by atoms with Crippen molar-refractivity contribution >= 4 is 34.8 Å². The molecule has 0 aliphatic heterocycles. The summed E-state index contributed by atoms with van der Waals surface area (Å²) in [5.74, 6) is 1.48. The predicted molar refractivity (Wildman–Crippen MR) is 151 cm³/mol. The second kappa shape index (κ2) is 11.9. The van der Waals surface area contributed by atoms with Crippen molar-refractivity contribution in [3.8, 4) is 5.75 Å². The van der Waals surface area contributed by atoms with Crippen molar-refractivity contribution in [2.45, 2.75) is 39.8 Å². The van der Waals surface area contributed by atoms with Gasteiger partial charge in [0, 0.05) is 12.7 Å². The molecule has 6 nitrogen and oxygen atoms in total. The SMILES string of the molecule is CCc1cccc(C)c1N(C(=O)Cn1c(/C=C/c2ccccc2OC)nc2ccccc21)[C@H](C)COC. The van der Waals surface area contributed by atoms with Crippen molar-refractivity contribution in [3.63, 3.8) is 0 Å². The summed E-state index contributed by atoms with van der Waals surface area (Å²) >= 11 is 0. The minimum absolute atomic E-state index is 0.0105. The molecule has 0 N–H and O–H groups in total. The Morgan fingerprint density at radius 2 is 1.78 bits per heavy atom. The Morgan fingerprint density at radius 3 is 2.54 bits per heavy atom. The minimum Gasteiger partial charge on any atom is -0.496 e. The number of anilines is 1. The summed E-state index contributed by atoms with van der Waals surface area (Å²) < 4.78 is 13.0. The van der Waals surface area contributed by atoms with Crippen molar-refractivity contribution in [1.82, 2.24) is 9.55 Å². The molecule has 1 atom stereocenters. The van der Waals surface area contributed by atoms with Crippen LogP contribution >= 0.6 is 0 Å². The topological polar surface area (TPSA) is 56.6 Å². The van der Waals surface area contributed by atoms with Gasteiger partial charge in [-0.25, -0.2) is 4.98 Å². The highest BCUT2D eigenvalue weighted by molar-refractivity contribution is 5.96. The van der Waals surface area contributed by atoms with Gasteiger partial charge in [-0.2, -0.15) is 0 Å².